The topological polar surface area (TPSA) is 31.0 Å². The van der Waals surface area contributed by atoms with Crippen LogP contribution in [0.4, 0.5) is 0 Å². The van der Waals surface area contributed by atoms with Crippen molar-refractivity contribution in [1.29, 1.82) is 0 Å². The van der Waals surface area contributed by atoms with Gasteiger partial charge in [-0.1, -0.05) is 64.9 Å². The van der Waals surface area contributed by atoms with Gasteiger partial charge in [0.1, 0.15) is 6.10 Å². The summed E-state index contributed by atoms with van der Waals surface area (Å²) in [5, 5.41) is 0. The van der Waals surface area contributed by atoms with Crippen LogP contribution in [0, 0.1) is 5.92 Å². The van der Waals surface area contributed by atoms with E-state index in [-0.39, 0.29) is 6.10 Å². The standard InChI is InChI=1S/C20H36O3/c1-3-5-6-7-8-12-15-20(22-4-2,23-17-19-16-21-19)18-13-10-9-11-14-18/h4,18-19H,2-3,5-17H2,1H3. The van der Waals surface area contributed by atoms with Crippen LogP contribution in [-0.2, 0) is 14.2 Å². The minimum Gasteiger partial charge on any atom is -0.470 e. The summed E-state index contributed by atoms with van der Waals surface area (Å²) in [5.74, 6) is 0.0439. The Kier molecular flexibility index (Phi) is 8.46. The van der Waals surface area contributed by atoms with Gasteiger partial charge in [-0.2, -0.15) is 0 Å². The largest absolute Gasteiger partial charge is 0.470 e. The fraction of sp³-hybridized carbons (Fsp3) is 0.900. The molecule has 2 atom stereocenters. The summed E-state index contributed by atoms with van der Waals surface area (Å²) >= 11 is 0. The van der Waals surface area contributed by atoms with Crippen molar-refractivity contribution in [1.82, 2.24) is 0 Å². The Morgan fingerprint density at radius 2 is 1.78 bits per heavy atom. The van der Waals surface area contributed by atoms with Crippen molar-refractivity contribution in [3.05, 3.63) is 12.8 Å². The van der Waals surface area contributed by atoms with Crippen LogP contribution in [0.2, 0.25) is 0 Å². The molecule has 3 heteroatoms. The Morgan fingerprint density at radius 1 is 1.09 bits per heavy atom. The average Bonchev–Trinajstić information content (AvgIpc) is 3.41. The van der Waals surface area contributed by atoms with E-state index >= 15 is 0 Å². The summed E-state index contributed by atoms with van der Waals surface area (Å²) in [4.78, 5) is 0. The van der Waals surface area contributed by atoms with Crippen LogP contribution in [-0.4, -0.2) is 25.1 Å². The Balaban J connectivity index is 1.87. The van der Waals surface area contributed by atoms with Gasteiger partial charge >= 0.3 is 0 Å². The molecular formula is C20H36O3. The van der Waals surface area contributed by atoms with Gasteiger partial charge in [-0.3, -0.25) is 0 Å². The van der Waals surface area contributed by atoms with Gasteiger partial charge in [-0.25, -0.2) is 0 Å². The minimum atomic E-state index is -0.459. The lowest BCUT2D eigenvalue weighted by Gasteiger charge is -2.41. The maximum absolute atomic E-state index is 6.34. The maximum atomic E-state index is 6.34. The predicted octanol–water partition coefficient (Wildman–Crippen LogP) is 5.59. The van der Waals surface area contributed by atoms with Gasteiger partial charge < -0.3 is 14.2 Å². The fourth-order valence-electron chi connectivity index (χ4n) is 3.82. The van der Waals surface area contributed by atoms with Crippen molar-refractivity contribution in [2.24, 2.45) is 5.92 Å². The molecule has 1 aliphatic heterocycles. The molecule has 1 saturated heterocycles. The molecule has 2 rings (SSSR count). The first-order chi connectivity index (χ1) is 11.3. The van der Waals surface area contributed by atoms with E-state index in [0.717, 1.165) is 13.0 Å². The third kappa shape index (κ3) is 6.46. The first-order valence-electron chi connectivity index (χ1n) is 9.85. The van der Waals surface area contributed by atoms with Gasteiger partial charge in [-0.05, 0) is 19.3 Å². The lowest BCUT2D eigenvalue weighted by molar-refractivity contribution is -0.251. The minimum absolute atomic E-state index is 0.288. The van der Waals surface area contributed by atoms with Crippen molar-refractivity contribution in [3.63, 3.8) is 0 Å². The van der Waals surface area contributed by atoms with E-state index in [0.29, 0.717) is 12.5 Å². The normalized spacial score (nSPS) is 24.1. The second-order valence-corrected chi connectivity index (χ2v) is 7.22. The molecule has 0 bridgehead atoms. The van der Waals surface area contributed by atoms with E-state index in [1.807, 2.05) is 0 Å². The Bertz CT molecular complexity index is 321. The van der Waals surface area contributed by atoms with E-state index in [9.17, 15) is 0 Å². The predicted molar refractivity (Wildman–Crippen MR) is 94.3 cm³/mol. The van der Waals surface area contributed by atoms with Gasteiger partial charge in [0.2, 0.25) is 5.79 Å². The van der Waals surface area contributed by atoms with Crippen LogP contribution in [0.5, 0.6) is 0 Å². The average molecular weight is 325 g/mol. The molecule has 0 N–H and O–H groups in total. The molecule has 1 heterocycles. The van der Waals surface area contributed by atoms with E-state index in [1.54, 1.807) is 6.26 Å². The fourth-order valence-corrected chi connectivity index (χ4v) is 3.82. The monoisotopic (exact) mass is 324 g/mol. The Hall–Kier alpha value is -0.540. The molecule has 0 aromatic heterocycles. The lowest BCUT2D eigenvalue weighted by Crippen LogP contribution is -2.44. The molecule has 23 heavy (non-hydrogen) atoms. The molecule has 0 radical (unpaired) electrons. The summed E-state index contributed by atoms with van der Waals surface area (Å²) in [7, 11) is 0. The third-order valence-corrected chi connectivity index (χ3v) is 5.30. The first kappa shape index (κ1) is 18.8. The molecule has 0 spiro atoms. The van der Waals surface area contributed by atoms with Gasteiger partial charge in [0.05, 0.1) is 19.5 Å². The molecule has 2 aliphatic rings. The zero-order chi connectivity index (χ0) is 16.4. The molecule has 1 aliphatic carbocycles. The molecule has 0 aromatic rings. The summed E-state index contributed by atoms with van der Waals surface area (Å²) in [6.07, 6.45) is 17.0. The quantitative estimate of drug-likeness (QED) is 0.191. The van der Waals surface area contributed by atoms with Gasteiger partial charge in [0.15, 0.2) is 0 Å². The number of hydrogen-bond donors (Lipinski definition) is 0. The van der Waals surface area contributed by atoms with Gasteiger partial charge in [0, 0.05) is 12.3 Å². The zero-order valence-corrected chi connectivity index (χ0v) is 15.1. The molecule has 134 valence electrons. The summed E-state index contributed by atoms with van der Waals surface area (Å²) in [6, 6.07) is 0. The third-order valence-electron chi connectivity index (χ3n) is 5.30. The molecule has 2 fully saturated rings. The van der Waals surface area contributed by atoms with Crippen LogP contribution < -0.4 is 0 Å². The number of unbranched alkanes of at least 4 members (excludes halogenated alkanes) is 5. The molecule has 2 unspecified atom stereocenters. The molecular weight excluding hydrogens is 288 g/mol. The summed E-state index contributed by atoms with van der Waals surface area (Å²) in [6.45, 7) is 7.59. The number of rotatable bonds is 13. The lowest BCUT2D eigenvalue weighted by atomic mass is 9.80. The van der Waals surface area contributed by atoms with Crippen molar-refractivity contribution < 1.29 is 14.2 Å². The van der Waals surface area contributed by atoms with Crippen LogP contribution in [0.3, 0.4) is 0 Å². The number of hydrogen-bond acceptors (Lipinski definition) is 3. The van der Waals surface area contributed by atoms with Crippen LogP contribution in [0.1, 0.15) is 84.0 Å². The highest BCUT2D eigenvalue weighted by Gasteiger charge is 2.42. The Morgan fingerprint density at radius 3 is 2.43 bits per heavy atom. The summed E-state index contributed by atoms with van der Waals surface area (Å²) in [5.41, 5.74) is 0. The Labute approximate surface area is 142 Å². The SMILES string of the molecule is C=COC(CCCCCCCC)(OCC1CO1)C1CCCCC1. The van der Waals surface area contributed by atoms with E-state index in [4.69, 9.17) is 14.2 Å². The van der Waals surface area contributed by atoms with Crippen molar-refractivity contribution in [2.75, 3.05) is 13.2 Å². The van der Waals surface area contributed by atoms with Gasteiger partial charge in [0.25, 0.3) is 0 Å². The van der Waals surface area contributed by atoms with Crippen LogP contribution in [0.25, 0.3) is 0 Å². The highest BCUT2D eigenvalue weighted by Crippen LogP contribution is 2.40. The second kappa shape index (κ2) is 10.4. The highest BCUT2D eigenvalue weighted by molar-refractivity contribution is 4.86. The van der Waals surface area contributed by atoms with E-state index in [2.05, 4.69) is 13.5 Å². The number of epoxide rings is 1. The summed E-state index contributed by atoms with van der Waals surface area (Å²) < 4.78 is 17.7. The van der Waals surface area contributed by atoms with Crippen molar-refractivity contribution in [2.45, 2.75) is 95.9 Å². The maximum Gasteiger partial charge on any atom is 0.212 e. The van der Waals surface area contributed by atoms with Crippen molar-refractivity contribution in [3.8, 4) is 0 Å². The van der Waals surface area contributed by atoms with E-state index < -0.39 is 5.79 Å². The van der Waals surface area contributed by atoms with Crippen LogP contribution in [0.15, 0.2) is 12.8 Å². The molecule has 0 amide bonds. The molecule has 0 aromatic carbocycles. The molecule has 1 saturated carbocycles. The van der Waals surface area contributed by atoms with Gasteiger partial charge in [-0.15, -0.1) is 0 Å². The smallest absolute Gasteiger partial charge is 0.212 e. The van der Waals surface area contributed by atoms with Crippen LogP contribution >= 0.6 is 0 Å². The van der Waals surface area contributed by atoms with Crippen molar-refractivity contribution >= 4 is 0 Å². The van der Waals surface area contributed by atoms with E-state index in [1.165, 1.54) is 70.6 Å². The molecule has 3 nitrogen and oxygen atoms in total. The number of ether oxygens (including phenoxy) is 3. The second-order valence-electron chi connectivity index (χ2n) is 7.22. The zero-order valence-electron chi connectivity index (χ0n) is 15.1. The first-order valence-corrected chi connectivity index (χ1v) is 9.85. The highest BCUT2D eigenvalue weighted by atomic mass is 16.7.